The Morgan fingerprint density at radius 2 is 1.89 bits per heavy atom. The highest BCUT2D eigenvalue weighted by Crippen LogP contribution is 2.19. The molecule has 2 saturated heterocycles. The van der Waals surface area contributed by atoms with Gasteiger partial charge in [-0.1, -0.05) is 0 Å². The predicted molar refractivity (Wildman–Crippen MR) is 102 cm³/mol. The van der Waals surface area contributed by atoms with E-state index in [1.807, 2.05) is 0 Å². The number of nitrogens with zero attached hydrogens (tertiary/aromatic N) is 4. The number of hydrogen-bond acceptors (Lipinski definition) is 6. The van der Waals surface area contributed by atoms with Gasteiger partial charge in [0.15, 0.2) is 0 Å². The Morgan fingerprint density at radius 3 is 2.57 bits per heavy atom. The molecule has 9 heteroatoms. The maximum absolute atomic E-state index is 12.6. The van der Waals surface area contributed by atoms with Gasteiger partial charge in [0, 0.05) is 42.8 Å². The summed E-state index contributed by atoms with van der Waals surface area (Å²) < 4.78 is 0. The molecule has 2 fully saturated rings. The first-order valence-corrected chi connectivity index (χ1v) is 9.14. The molecule has 9 nitrogen and oxygen atoms in total. The number of urea groups is 1. The predicted octanol–water partition coefficient (Wildman–Crippen LogP) is 0.932. The van der Waals surface area contributed by atoms with Crippen LogP contribution in [0.1, 0.15) is 23.2 Å². The number of hydrogen-bond donors (Lipinski definition) is 2. The number of anilines is 2. The molecule has 2 aliphatic heterocycles. The summed E-state index contributed by atoms with van der Waals surface area (Å²) in [5.74, 6) is 0.162. The number of amides is 4. The summed E-state index contributed by atoms with van der Waals surface area (Å²) in [6.45, 7) is 1.51. The summed E-state index contributed by atoms with van der Waals surface area (Å²) in [7, 11) is 0. The number of carbonyl (C=O) groups excluding carboxylic acids is 3. The van der Waals surface area contributed by atoms with Gasteiger partial charge in [-0.15, -0.1) is 0 Å². The average molecular weight is 380 g/mol. The first-order chi connectivity index (χ1) is 13.6. The first-order valence-electron chi connectivity index (χ1n) is 9.14. The summed E-state index contributed by atoms with van der Waals surface area (Å²) >= 11 is 0. The topological polar surface area (TPSA) is 108 Å². The van der Waals surface area contributed by atoms with E-state index >= 15 is 0 Å². The number of benzene rings is 1. The van der Waals surface area contributed by atoms with E-state index in [9.17, 15) is 14.4 Å². The van der Waals surface area contributed by atoms with Crippen molar-refractivity contribution in [2.24, 2.45) is 0 Å². The molecule has 0 spiro atoms. The van der Waals surface area contributed by atoms with Gasteiger partial charge >= 0.3 is 6.03 Å². The molecule has 4 amide bonds. The van der Waals surface area contributed by atoms with Gasteiger partial charge in [-0.25, -0.2) is 14.8 Å². The Bertz CT molecular complexity index is 886. The van der Waals surface area contributed by atoms with Crippen molar-refractivity contribution in [1.82, 2.24) is 20.6 Å². The lowest BCUT2D eigenvalue weighted by atomic mass is 10.1. The third kappa shape index (κ3) is 3.78. The van der Waals surface area contributed by atoms with Gasteiger partial charge in [-0.05, 0) is 43.2 Å². The minimum Gasteiger partial charge on any atom is -0.348 e. The van der Waals surface area contributed by atoms with Gasteiger partial charge in [0.25, 0.3) is 5.91 Å². The molecule has 0 radical (unpaired) electrons. The molecule has 3 heterocycles. The molecule has 1 aromatic carbocycles. The van der Waals surface area contributed by atoms with Crippen molar-refractivity contribution in [1.29, 1.82) is 0 Å². The van der Waals surface area contributed by atoms with Gasteiger partial charge in [-0.2, -0.15) is 0 Å². The molecule has 0 saturated carbocycles. The molecule has 1 atom stereocenters. The second-order valence-electron chi connectivity index (χ2n) is 6.79. The van der Waals surface area contributed by atoms with Crippen LogP contribution in [0.2, 0.25) is 0 Å². The van der Waals surface area contributed by atoms with Gasteiger partial charge in [0.1, 0.15) is 6.54 Å². The van der Waals surface area contributed by atoms with Crippen molar-refractivity contribution in [2.45, 2.75) is 18.9 Å². The monoisotopic (exact) mass is 380 g/mol. The Hall–Kier alpha value is -3.49. The van der Waals surface area contributed by atoms with E-state index in [-0.39, 0.29) is 24.4 Å². The summed E-state index contributed by atoms with van der Waals surface area (Å²) in [6.07, 6.45) is 5.25. The minimum absolute atomic E-state index is 0.00622. The molecule has 28 heavy (non-hydrogen) atoms. The number of rotatable bonds is 4. The summed E-state index contributed by atoms with van der Waals surface area (Å²) in [5, 5.41) is 5.28. The summed E-state index contributed by atoms with van der Waals surface area (Å²) in [6, 6.07) is 7.97. The first kappa shape index (κ1) is 17.9. The lowest BCUT2D eigenvalue weighted by Gasteiger charge is -2.33. The van der Waals surface area contributed by atoms with Crippen LogP contribution in [-0.2, 0) is 4.79 Å². The highest BCUT2D eigenvalue weighted by atomic mass is 16.2. The Kier molecular flexibility index (Phi) is 4.88. The lowest BCUT2D eigenvalue weighted by Crippen LogP contribution is -2.48. The second-order valence-corrected chi connectivity index (χ2v) is 6.79. The highest BCUT2D eigenvalue weighted by Gasteiger charge is 2.28. The van der Waals surface area contributed by atoms with Crippen LogP contribution in [0.5, 0.6) is 0 Å². The standard InChI is InChI=1S/C19H20N6O3/c26-16-12-25(19(28)23-16)15-6-4-13(5-7-15)17(27)22-14-3-1-10-24(11-14)18-20-8-2-9-21-18/h2,4-9,14H,1,3,10-12H2,(H,22,27)(H,23,26,28)/t14-/m1/s1. The fraction of sp³-hybridized carbons (Fsp3) is 0.316. The lowest BCUT2D eigenvalue weighted by molar-refractivity contribution is -0.117. The molecule has 2 aromatic rings. The Morgan fingerprint density at radius 1 is 1.14 bits per heavy atom. The van der Waals surface area contributed by atoms with Gasteiger partial charge in [0.05, 0.1) is 0 Å². The highest BCUT2D eigenvalue weighted by molar-refractivity contribution is 6.12. The zero-order valence-electron chi connectivity index (χ0n) is 15.2. The molecule has 4 rings (SSSR count). The van der Waals surface area contributed by atoms with Crippen LogP contribution < -0.4 is 20.4 Å². The average Bonchev–Trinajstić information content (AvgIpc) is 3.07. The van der Waals surface area contributed by atoms with E-state index < -0.39 is 6.03 Å². The fourth-order valence-corrected chi connectivity index (χ4v) is 3.44. The summed E-state index contributed by atoms with van der Waals surface area (Å²) in [5.41, 5.74) is 1.08. The second kappa shape index (κ2) is 7.63. The normalized spacial score (nSPS) is 19.5. The van der Waals surface area contributed by atoms with Crippen molar-refractivity contribution < 1.29 is 14.4 Å². The third-order valence-electron chi connectivity index (χ3n) is 4.83. The van der Waals surface area contributed by atoms with E-state index in [1.165, 1.54) is 4.90 Å². The molecule has 0 aliphatic carbocycles. The fourth-order valence-electron chi connectivity index (χ4n) is 3.44. The van der Waals surface area contributed by atoms with Crippen molar-refractivity contribution in [3.8, 4) is 0 Å². The molecular formula is C19H20N6O3. The zero-order valence-corrected chi connectivity index (χ0v) is 15.2. The van der Waals surface area contributed by atoms with Gasteiger partial charge < -0.3 is 10.2 Å². The van der Waals surface area contributed by atoms with Crippen molar-refractivity contribution >= 4 is 29.5 Å². The maximum atomic E-state index is 12.6. The molecule has 2 aliphatic rings. The van der Waals surface area contributed by atoms with E-state index in [1.54, 1.807) is 42.7 Å². The van der Waals surface area contributed by atoms with Gasteiger partial charge in [0.2, 0.25) is 11.9 Å². The van der Waals surface area contributed by atoms with E-state index in [0.717, 1.165) is 19.4 Å². The summed E-state index contributed by atoms with van der Waals surface area (Å²) in [4.78, 5) is 47.6. The van der Waals surface area contributed by atoms with Crippen LogP contribution in [0.25, 0.3) is 0 Å². The van der Waals surface area contributed by atoms with Crippen LogP contribution in [-0.4, -0.2) is 53.5 Å². The number of carbonyl (C=O) groups is 3. The quantitative estimate of drug-likeness (QED) is 0.764. The minimum atomic E-state index is -0.451. The van der Waals surface area contributed by atoms with Crippen LogP contribution >= 0.6 is 0 Å². The SMILES string of the molecule is O=C1CN(c2ccc(C(=O)N[C@@H]3CCCN(c4ncccn4)C3)cc2)C(=O)N1. The molecule has 0 bridgehead atoms. The van der Waals surface area contributed by atoms with Crippen LogP contribution in [0.3, 0.4) is 0 Å². The number of piperidine rings is 1. The molecular weight excluding hydrogens is 360 g/mol. The largest absolute Gasteiger partial charge is 0.348 e. The Labute approximate surface area is 161 Å². The van der Waals surface area contributed by atoms with Crippen LogP contribution in [0, 0.1) is 0 Å². The molecule has 0 unspecified atom stereocenters. The number of aromatic nitrogens is 2. The molecule has 1 aromatic heterocycles. The maximum Gasteiger partial charge on any atom is 0.329 e. The van der Waals surface area contributed by atoms with Gasteiger partial charge in [-0.3, -0.25) is 19.8 Å². The Balaban J connectivity index is 1.38. The molecule has 144 valence electrons. The molecule has 2 N–H and O–H groups in total. The van der Waals surface area contributed by atoms with Crippen LogP contribution in [0.15, 0.2) is 42.7 Å². The van der Waals surface area contributed by atoms with Crippen molar-refractivity contribution in [2.75, 3.05) is 29.4 Å². The van der Waals surface area contributed by atoms with Crippen molar-refractivity contribution in [3.63, 3.8) is 0 Å². The van der Waals surface area contributed by atoms with E-state index in [0.29, 0.717) is 23.7 Å². The third-order valence-corrected chi connectivity index (χ3v) is 4.83. The van der Waals surface area contributed by atoms with Crippen molar-refractivity contribution in [3.05, 3.63) is 48.3 Å². The number of imide groups is 1. The van der Waals surface area contributed by atoms with E-state index in [2.05, 4.69) is 25.5 Å². The van der Waals surface area contributed by atoms with Crippen LogP contribution in [0.4, 0.5) is 16.4 Å². The number of nitrogens with one attached hydrogen (secondary N) is 2. The zero-order chi connectivity index (χ0) is 19.5. The van der Waals surface area contributed by atoms with E-state index in [4.69, 9.17) is 0 Å². The smallest absolute Gasteiger partial charge is 0.329 e.